The van der Waals surface area contributed by atoms with Gasteiger partial charge >= 0.3 is 23.6 Å². The number of amides is 4. The predicted octanol–water partition coefficient (Wildman–Crippen LogP) is 8.62. The number of fused-ring (bicyclic) bond motifs is 2. The summed E-state index contributed by atoms with van der Waals surface area (Å²) in [5, 5.41) is 52.2. The summed E-state index contributed by atoms with van der Waals surface area (Å²) in [5.74, 6) is -3.36. The number of phenols is 2. The second-order valence-corrected chi connectivity index (χ2v) is 19.9. The second kappa shape index (κ2) is 23.6. The van der Waals surface area contributed by atoms with Gasteiger partial charge in [0.15, 0.2) is 0 Å². The highest BCUT2D eigenvalue weighted by molar-refractivity contribution is 6.35. The Kier molecular flexibility index (Phi) is 17.7. The molecule has 6 aromatic rings. The van der Waals surface area contributed by atoms with E-state index in [4.69, 9.17) is 0 Å². The van der Waals surface area contributed by atoms with E-state index >= 15 is 0 Å². The van der Waals surface area contributed by atoms with Crippen LogP contribution >= 0.6 is 0 Å². The van der Waals surface area contributed by atoms with Gasteiger partial charge in [-0.25, -0.2) is 0 Å². The number of aromatic nitrogens is 6. The van der Waals surface area contributed by atoms with E-state index in [2.05, 4.69) is 83.2 Å². The van der Waals surface area contributed by atoms with Crippen molar-refractivity contribution in [3.63, 3.8) is 0 Å². The molecule has 6 N–H and O–H groups in total. The van der Waals surface area contributed by atoms with Gasteiger partial charge in [0.1, 0.15) is 44.9 Å². The summed E-state index contributed by atoms with van der Waals surface area (Å²) >= 11 is 0. The van der Waals surface area contributed by atoms with Crippen LogP contribution in [-0.2, 0) is 43.1 Å². The van der Waals surface area contributed by atoms with Crippen LogP contribution in [0, 0.1) is 13.8 Å². The van der Waals surface area contributed by atoms with E-state index in [9.17, 15) is 29.4 Å². The van der Waals surface area contributed by atoms with Crippen molar-refractivity contribution in [3.8, 4) is 22.9 Å². The Bertz CT molecular complexity index is 2620. The van der Waals surface area contributed by atoms with Gasteiger partial charge in [-0.05, 0) is 121 Å². The number of rotatable bonds is 23. The van der Waals surface area contributed by atoms with Gasteiger partial charge in [0.05, 0.1) is 0 Å². The van der Waals surface area contributed by atoms with Gasteiger partial charge in [0.2, 0.25) is 0 Å². The van der Waals surface area contributed by atoms with E-state index in [1.54, 1.807) is 0 Å². The van der Waals surface area contributed by atoms with Crippen molar-refractivity contribution in [1.29, 1.82) is 0 Å². The molecule has 0 aliphatic carbocycles. The fourth-order valence-corrected chi connectivity index (χ4v) is 8.58. The van der Waals surface area contributed by atoms with E-state index in [1.807, 2.05) is 74.5 Å². The number of unbranched alkanes of at least 4 members (excludes halogenated alkanes) is 7. The van der Waals surface area contributed by atoms with Crippen LogP contribution in [0.15, 0.2) is 60.7 Å². The van der Waals surface area contributed by atoms with Crippen LogP contribution in [0.25, 0.3) is 33.4 Å². The van der Waals surface area contributed by atoms with Gasteiger partial charge in [0, 0.05) is 37.3 Å². The Morgan fingerprint density at radius 3 is 1.24 bits per heavy atom. The Hall–Kier alpha value is -6.84. The highest BCUT2D eigenvalue weighted by Gasteiger charge is 2.27. The molecule has 0 unspecified atom stereocenters. The van der Waals surface area contributed by atoms with Gasteiger partial charge in [-0.3, -0.25) is 19.2 Å². The lowest BCUT2D eigenvalue weighted by molar-refractivity contribution is -0.139. The van der Waals surface area contributed by atoms with Crippen molar-refractivity contribution in [2.45, 2.75) is 156 Å². The molecule has 374 valence electrons. The summed E-state index contributed by atoms with van der Waals surface area (Å²) in [6.45, 7) is 17.3. The van der Waals surface area contributed by atoms with E-state index in [0.29, 0.717) is 70.3 Å². The summed E-state index contributed by atoms with van der Waals surface area (Å²) < 4.78 is 0. The second-order valence-electron chi connectivity index (χ2n) is 19.9. The molecule has 0 spiro atoms. The Balaban J connectivity index is 0.956. The highest BCUT2D eigenvalue weighted by atomic mass is 16.3. The maximum atomic E-state index is 12.9. The lowest BCUT2D eigenvalue weighted by Crippen LogP contribution is -2.40. The molecule has 2 heterocycles. The fourth-order valence-electron chi connectivity index (χ4n) is 8.58. The lowest BCUT2D eigenvalue weighted by Gasteiger charge is -2.27. The molecule has 4 amide bonds. The van der Waals surface area contributed by atoms with Crippen molar-refractivity contribution in [3.05, 3.63) is 94.0 Å². The average molecular weight is 957 g/mol. The zero-order valence-corrected chi connectivity index (χ0v) is 42.3. The maximum Gasteiger partial charge on any atom is 0.309 e. The van der Waals surface area contributed by atoms with Crippen LogP contribution in [0.3, 0.4) is 0 Å². The molecule has 2 aromatic heterocycles. The molecule has 0 saturated carbocycles. The normalized spacial score (nSPS) is 11.8. The van der Waals surface area contributed by atoms with Gasteiger partial charge in [-0.2, -0.15) is 0 Å². The molecule has 0 saturated heterocycles. The summed E-state index contributed by atoms with van der Waals surface area (Å²) in [7, 11) is 0. The molecule has 0 atom stereocenters. The summed E-state index contributed by atoms with van der Waals surface area (Å²) in [4.78, 5) is 54.3. The number of carbonyl (C=O) groups is 4. The lowest BCUT2D eigenvalue weighted by atomic mass is 9.79. The van der Waals surface area contributed by atoms with E-state index < -0.39 is 23.6 Å². The standard InChI is InChI=1S/C54H72N10O6/c1-9-11-15-23-53(5,6)39-29-37(47(65)45(31-39)63-59-41-21-19-35(3)27-43(41)61-63)33-57-51(69)49(67)55-25-17-13-14-18-26-56-50(68)52(70)58-34-38-30-40(54(7,8)24-16-12-10-2)32-46(48(38)66)64-60-42-22-20-36(4)28-44(42)62-64/h19-22,27-32,65-66H,9-18,23-26,33-34H2,1-8H3,(H,55,67)(H,56,68)(H,57,69)(H,58,70). The molecule has 0 radical (unpaired) electrons. The number of carbonyl (C=O) groups excluding carboxylic acids is 4. The first-order chi connectivity index (χ1) is 33.4. The van der Waals surface area contributed by atoms with Gasteiger partial charge in [-0.1, -0.05) is 105 Å². The number of benzene rings is 4. The number of nitrogens with one attached hydrogen (secondary N) is 4. The van der Waals surface area contributed by atoms with Gasteiger partial charge in [0.25, 0.3) is 0 Å². The third kappa shape index (κ3) is 13.5. The first kappa shape index (κ1) is 52.5. The molecule has 0 fully saturated rings. The van der Waals surface area contributed by atoms with Crippen LogP contribution in [0.4, 0.5) is 0 Å². The Labute approximate surface area is 411 Å². The molecule has 4 aromatic carbocycles. The van der Waals surface area contributed by atoms with Crippen LogP contribution in [0.5, 0.6) is 11.5 Å². The van der Waals surface area contributed by atoms with Crippen molar-refractivity contribution >= 4 is 45.7 Å². The molecule has 70 heavy (non-hydrogen) atoms. The monoisotopic (exact) mass is 957 g/mol. The van der Waals surface area contributed by atoms with Gasteiger partial charge in [-0.15, -0.1) is 30.0 Å². The third-order valence-corrected chi connectivity index (χ3v) is 13.2. The molecular weight excluding hydrogens is 885 g/mol. The average Bonchev–Trinajstić information content (AvgIpc) is 3.95. The molecule has 16 heteroatoms. The first-order valence-corrected chi connectivity index (χ1v) is 24.9. The smallest absolute Gasteiger partial charge is 0.309 e. The highest BCUT2D eigenvalue weighted by Crippen LogP contribution is 2.38. The summed E-state index contributed by atoms with van der Waals surface area (Å²) in [6.07, 6.45) is 10.9. The first-order valence-electron chi connectivity index (χ1n) is 24.9. The number of hydrogen-bond acceptors (Lipinski definition) is 10. The molecule has 0 aliphatic heterocycles. The molecular formula is C54H72N10O6. The van der Waals surface area contributed by atoms with Gasteiger partial charge < -0.3 is 31.5 Å². The number of phenolic OH excluding ortho intramolecular Hbond substituents is 2. The predicted molar refractivity (Wildman–Crippen MR) is 273 cm³/mol. The number of hydrogen-bond donors (Lipinski definition) is 6. The van der Waals surface area contributed by atoms with Crippen molar-refractivity contribution in [2.75, 3.05) is 13.1 Å². The largest absolute Gasteiger partial charge is 0.505 e. The van der Waals surface area contributed by atoms with Crippen LogP contribution < -0.4 is 21.3 Å². The van der Waals surface area contributed by atoms with E-state index in [0.717, 1.165) is 73.6 Å². The topological polar surface area (TPSA) is 218 Å². The Morgan fingerprint density at radius 1 is 0.486 bits per heavy atom. The van der Waals surface area contributed by atoms with Crippen LogP contribution in [0.1, 0.15) is 152 Å². The van der Waals surface area contributed by atoms with Crippen molar-refractivity contribution < 1.29 is 29.4 Å². The Morgan fingerprint density at radius 2 is 0.857 bits per heavy atom. The van der Waals surface area contributed by atoms with Crippen LogP contribution in [0.2, 0.25) is 0 Å². The molecule has 0 bridgehead atoms. The summed E-state index contributed by atoms with van der Waals surface area (Å²) in [6, 6.07) is 19.1. The number of aryl methyl sites for hydroxylation is 2. The van der Waals surface area contributed by atoms with Crippen molar-refractivity contribution in [1.82, 2.24) is 51.3 Å². The molecule has 0 aliphatic rings. The minimum atomic E-state index is -0.818. The third-order valence-electron chi connectivity index (χ3n) is 13.2. The quantitative estimate of drug-likeness (QED) is 0.0265. The minimum Gasteiger partial charge on any atom is -0.505 e. The van der Waals surface area contributed by atoms with Crippen LogP contribution in [-0.4, -0.2) is 76.9 Å². The summed E-state index contributed by atoms with van der Waals surface area (Å²) in [5.41, 5.74) is 7.96. The maximum absolute atomic E-state index is 12.9. The molecule has 16 nitrogen and oxygen atoms in total. The minimum absolute atomic E-state index is 0.0799. The fraction of sp³-hybridized carbons (Fsp3) is 0.481. The zero-order valence-electron chi connectivity index (χ0n) is 42.3. The zero-order chi connectivity index (χ0) is 50.6. The number of aromatic hydroxyl groups is 2. The van der Waals surface area contributed by atoms with E-state index in [1.165, 1.54) is 9.59 Å². The van der Waals surface area contributed by atoms with E-state index in [-0.39, 0.29) is 48.5 Å². The SMILES string of the molecule is CCCCCC(C)(C)c1cc(CNC(=O)C(=O)NCCCCCCNC(=O)C(=O)NCc2cc(C(C)(C)CCCCC)cc(-n3nc4ccc(C)cc4n3)c2O)c(O)c(-n2nc3ccc(C)cc3n2)c1. The number of nitrogens with zero attached hydrogens (tertiary/aromatic N) is 6. The van der Waals surface area contributed by atoms with Crippen molar-refractivity contribution in [2.24, 2.45) is 0 Å². The molecule has 6 rings (SSSR count).